The van der Waals surface area contributed by atoms with Crippen LogP contribution < -0.4 is 5.32 Å². The molecule has 1 heterocycles. The molecule has 1 N–H and O–H groups in total. The van der Waals surface area contributed by atoms with Gasteiger partial charge >= 0.3 is 0 Å². The minimum atomic E-state index is 0.184. The molecule has 0 aliphatic rings. The molecule has 0 spiro atoms. The van der Waals surface area contributed by atoms with Gasteiger partial charge in [0.1, 0.15) is 0 Å². The zero-order valence-electron chi connectivity index (χ0n) is 12.4. The Morgan fingerprint density at radius 2 is 1.90 bits per heavy atom. The van der Waals surface area contributed by atoms with Crippen molar-refractivity contribution in [2.75, 3.05) is 6.54 Å². The highest BCUT2D eigenvalue weighted by molar-refractivity contribution is 6.36. The van der Waals surface area contributed by atoms with Gasteiger partial charge in [-0.1, -0.05) is 36.2 Å². The number of aromatic nitrogens is 1. The van der Waals surface area contributed by atoms with Gasteiger partial charge in [0.25, 0.3) is 0 Å². The van der Waals surface area contributed by atoms with E-state index in [1.54, 1.807) is 0 Å². The Kier molecular flexibility index (Phi) is 6.04. The lowest BCUT2D eigenvalue weighted by Gasteiger charge is -2.20. The first-order chi connectivity index (χ1) is 10.1. The number of nitrogens with one attached hydrogen (secondary N) is 1. The smallest absolute Gasteiger partial charge is 0.0453 e. The van der Waals surface area contributed by atoms with E-state index in [4.69, 9.17) is 23.2 Å². The predicted octanol–water partition coefficient (Wildman–Crippen LogP) is 4.98. The van der Waals surface area contributed by atoms with Crippen molar-refractivity contribution in [3.05, 3.63) is 63.4 Å². The molecule has 2 aromatic rings. The second-order valence-electron chi connectivity index (χ2n) is 5.14. The summed E-state index contributed by atoms with van der Waals surface area (Å²) in [6, 6.07) is 9.99. The normalized spacial score (nSPS) is 12.4. The first kappa shape index (κ1) is 16.3. The average molecular weight is 323 g/mol. The number of hydrogen-bond donors (Lipinski definition) is 1. The minimum Gasteiger partial charge on any atom is -0.310 e. The number of nitrogens with zero attached hydrogens (tertiary/aromatic N) is 1. The fourth-order valence-electron chi connectivity index (χ4n) is 2.34. The van der Waals surface area contributed by atoms with Gasteiger partial charge in [0, 0.05) is 28.0 Å². The molecule has 0 bridgehead atoms. The van der Waals surface area contributed by atoms with Crippen LogP contribution >= 0.6 is 23.2 Å². The van der Waals surface area contributed by atoms with Crippen LogP contribution in [-0.4, -0.2) is 11.5 Å². The molecule has 0 fully saturated rings. The highest BCUT2D eigenvalue weighted by Crippen LogP contribution is 2.29. The average Bonchev–Trinajstić information content (AvgIpc) is 2.46. The fraction of sp³-hybridized carbons (Fsp3) is 0.353. The van der Waals surface area contributed by atoms with Gasteiger partial charge in [-0.25, -0.2) is 0 Å². The monoisotopic (exact) mass is 322 g/mol. The van der Waals surface area contributed by atoms with Crippen LogP contribution in [0.5, 0.6) is 0 Å². The second kappa shape index (κ2) is 7.79. The van der Waals surface area contributed by atoms with E-state index in [-0.39, 0.29) is 6.04 Å². The summed E-state index contributed by atoms with van der Waals surface area (Å²) in [5.41, 5.74) is 3.22. The Bertz CT molecular complexity index is 579. The van der Waals surface area contributed by atoms with Crippen molar-refractivity contribution >= 4 is 23.2 Å². The van der Waals surface area contributed by atoms with E-state index in [1.165, 1.54) is 5.56 Å². The maximum atomic E-state index is 6.30. The third-order valence-electron chi connectivity index (χ3n) is 3.43. The molecule has 1 aromatic heterocycles. The van der Waals surface area contributed by atoms with Crippen molar-refractivity contribution < 1.29 is 0 Å². The molecule has 1 aromatic carbocycles. The van der Waals surface area contributed by atoms with Crippen LogP contribution in [0.4, 0.5) is 0 Å². The van der Waals surface area contributed by atoms with Gasteiger partial charge in [-0.3, -0.25) is 4.98 Å². The van der Waals surface area contributed by atoms with E-state index >= 15 is 0 Å². The molecule has 1 unspecified atom stereocenters. The molecule has 2 rings (SSSR count). The summed E-state index contributed by atoms with van der Waals surface area (Å²) in [5.74, 6) is 0. The summed E-state index contributed by atoms with van der Waals surface area (Å²) in [6.45, 7) is 5.11. The molecule has 2 nitrogen and oxygen atoms in total. The quantitative estimate of drug-likeness (QED) is 0.811. The molecular weight excluding hydrogens is 303 g/mol. The molecule has 112 valence electrons. The number of hydrogen-bond acceptors (Lipinski definition) is 2. The Labute approximate surface area is 136 Å². The molecule has 0 saturated heterocycles. The lowest BCUT2D eigenvalue weighted by atomic mass is 9.98. The molecule has 0 radical (unpaired) electrons. The summed E-state index contributed by atoms with van der Waals surface area (Å²) in [6.07, 6.45) is 3.69. The SMILES string of the molecule is CCCNC(Cc1c(Cl)cccc1Cl)c1ccnc(C)c1. The lowest BCUT2D eigenvalue weighted by Crippen LogP contribution is -2.24. The van der Waals surface area contributed by atoms with E-state index in [1.807, 2.05) is 37.4 Å². The van der Waals surface area contributed by atoms with Crippen molar-refractivity contribution in [2.45, 2.75) is 32.7 Å². The zero-order chi connectivity index (χ0) is 15.2. The second-order valence-corrected chi connectivity index (χ2v) is 5.96. The van der Waals surface area contributed by atoms with Crippen molar-refractivity contribution in [3.8, 4) is 0 Å². The summed E-state index contributed by atoms with van der Waals surface area (Å²) >= 11 is 12.6. The summed E-state index contributed by atoms with van der Waals surface area (Å²) in [4.78, 5) is 4.26. The van der Waals surface area contributed by atoms with Crippen molar-refractivity contribution in [1.82, 2.24) is 10.3 Å². The number of pyridine rings is 1. The van der Waals surface area contributed by atoms with Gasteiger partial charge in [-0.15, -0.1) is 0 Å². The third kappa shape index (κ3) is 4.44. The first-order valence-electron chi connectivity index (χ1n) is 7.20. The molecule has 4 heteroatoms. The largest absolute Gasteiger partial charge is 0.310 e. The van der Waals surface area contributed by atoms with E-state index in [0.717, 1.165) is 40.7 Å². The van der Waals surface area contributed by atoms with E-state index in [2.05, 4.69) is 23.3 Å². The topological polar surface area (TPSA) is 24.9 Å². The molecule has 0 aliphatic carbocycles. The number of rotatable bonds is 6. The van der Waals surface area contributed by atoms with Crippen LogP contribution in [0.1, 0.15) is 36.2 Å². The molecule has 0 saturated carbocycles. The van der Waals surface area contributed by atoms with Gasteiger partial charge < -0.3 is 5.32 Å². The van der Waals surface area contributed by atoms with E-state index in [9.17, 15) is 0 Å². The Morgan fingerprint density at radius 1 is 1.19 bits per heavy atom. The highest BCUT2D eigenvalue weighted by Gasteiger charge is 2.15. The van der Waals surface area contributed by atoms with Crippen LogP contribution in [0, 0.1) is 6.92 Å². The van der Waals surface area contributed by atoms with E-state index < -0.39 is 0 Å². The van der Waals surface area contributed by atoms with Gasteiger partial charge in [-0.05, 0) is 61.7 Å². The Morgan fingerprint density at radius 3 is 2.52 bits per heavy atom. The maximum absolute atomic E-state index is 6.30. The van der Waals surface area contributed by atoms with Gasteiger partial charge in [0.05, 0.1) is 0 Å². The van der Waals surface area contributed by atoms with Gasteiger partial charge in [0.2, 0.25) is 0 Å². The third-order valence-corrected chi connectivity index (χ3v) is 4.14. The number of halogens is 2. The summed E-state index contributed by atoms with van der Waals surface area (Å²) < 4.78 is 0. The molecule has 1 atom stereocenters. The van der Waals surface area contributed by atoms with Gasteiger partial charge in [0.15, 0.2) is 0 Å². The van der Waals surface area contributed by atoms with Crippen LogP contribution in [-0.2, 0) is 6.42 Å². The van der Waals surface area contributed by atoms with Crippen molar-refractivity contribution in [3.63, 3.8) is 0 Å². The van der Waals surface area contributed by atoms with Crippen LogP contribution in [0.25, 0.3) is 0 Å². The molecule has 0 amide bonds. The first-order valence-corrected chi connectivity index (χ1v) is 7.96. The standard InChI is InChI=1S/C17H20Cl2N2/c1-3-8-21-17(13-7-9-20-12(2)10-13)11-14-15(18)5-4-6-16(14)19/h4-7,9-10,17,21H,3,8,11H2,1-2H3. The van der Waals surface area contributed by atoms with Crippen molar-refractivity contribution in [2.24, 2.45) is 0 Å². The fourth-order valence-corrected chi connectivity index (χ4v) is 2.89. The highest BCUT2D eigenvalue weighted by atomic mass is 35.5. The van der Waals surface area contributed by atoms with Crippen LogP contribution in [0.15, 0.2) is 36.5 Å². The summed E-state index contributed by atoms with van der Waals surface area (Å²) in [5, 5.41) is 5.01. The predicted molar refractivity (Wildman–Crippen MR) is 90.2 cm³/mol. The van der Waals surface area contributed by atoms with Crippen LogP contribution in [0.2, 0.25) is 10.0 Å². The number of benzene rings is 1. The molecule has 0 aliphatic heterocycles. The van der Waals surface area contributed by atoms with Crippen LogP contribution in [0.3, 0.4) is 0 Å². The Hall–Kier alpha value is -1.09. The summed E-state index contributed by atoms with van der Waals surface area (Å²) in [7, 11) is 0. The zero-order valence-corrected chi connectivity index (χ0v) is 13.9. The maximum Gasteiger partial charge on any atom is 0.0453 e. The van der Waals surface area contributed by atoms with Gasteiger partial charge in [-0.2, -0.15) is 0 Å². The lowest BCUT2D eigenvalue weighted by molar-refractivity contribution is 0.528. The molecular formula is C17H20Cl2N2. The minimum absolute atomic E-state index is 0.184. The van der Waals surface area contributed by atoms with Crippen molar-refractivity contribution in [1.29, 1.82) is 0 Å². The number of aryl methyl sites for hydroxylation is 1. The Balaban J connectivity index is 2.28. The molecule has 21 heavy (non-hydrogen) atoms. The van der Waals surface area contributed by atoms with E-state index in [0.29, 0.717) is 0 Å².